The van der Waals surface area contributed by atoms with E-state index in [0.717, 1.165) is 16.5 Å². The Balaban J connectivity index is 1.49. The van der Waals surface area contributed by atoms with Crippen LogP contribution in [0.5, 0.6) is 5.75 Å². The molecule has 0 bridgehead atoms. The highest BCUT2D eigenvalue weighted by atomic mass is 35.5. The summed E-state index contributed by atoms with van der Waals surface area (Å²) in [6, 6.07) is 22.4. The quantitative estimate of drug-likeness (QED) is 0.348. The average Bonchev–Trinajstić information content (AvgIpc) is 3.21. The third-order valence-corrected chi connectivity index (χ3v) is 5.58. The van der Waals surface area contributed by atoms with Crippen LogP contribution < -0.4 is 10.1 Å². The minimum Gasteiger partial charge on any atom is -0.494 e. The summed E-state index contributed by atoms with van der Waals surface area (Å²) >= 11 is 12.2. The Hall–Kier alpha value is -3.61. The average molecular weight is 463 g/mol. The first-order valence-electron chi connectivity index (χ1n) is 9.73. The Labute approximate surface area is 193 Å². The molecular formula is C24H16Cl2N4O2. The predicted molar refractivity (Wildman–Crippen MR) is 127 cm³/mol. The minimum absolute atomic E-state index is 0.240. The molecule has 8 heteroatoms. The maximum Gasteiger partial charge on any atom is 0.259 e. The van der Waals surface area contributed by atoms with Crippen molar-refractivity contribution in [2.75, 3.05) is 12.4 Å². The maximum atomic E-state index is 12.9. The van der Waals surface area contributed by atoms with Gasteiger partial charge in [0.15, 0.2) is 0 Å². The number of aromatic nitrogens is 3. The normalized spacial score (nSPS) is 11.1. The molecule has 0 saturated carbocycles. The lowest BCUT2D eigenvalue weighted by Gasteiger charge is -2.11. The smallest absolute Gasteiger partial charge is 0.259 e. The molecule has 0 fully saturated rings. The summed E-state index contributed by atoms with van der Waals surface area (Å²) in [5.41, 5.74) is 3.03. The molecule has 0 aliphatic heterocycles. The lowest BCUT2D eigenvalue weighted by atomic mass is 10.1. The molecule has 0 aliphatic carbocycles. The fraction of sp³-hybridized carbons (Fsp3) is 0.0417. The first kappa shape index (κ1) is 20.3. The van der Waals surface area contributed by atoms with E-state index in [9.17, 15) is 4.79 Å². The molecule has 1 N–H and O–H groups in total. The Morgan fingerprint density at radius 1 is 0.938 bits per heavy atom. The number of nitrogens with zero attached hydrogens (tertiary/aromatic N) is 3. The molecule has 1 aromatic heterocycles. The Morgan fingerprint density at radius 3 is 2.56 bits per heavy atom. The van der Waals surface area contributed by atoms with Crippen molar-refractivity contribution in [1.82, 2.24) is 15.0 Å². The van der Waals surface area contributed by atoms with Gasteiger partial charge in [-0.1, -0.05) is 59.6 Å². The largest absolute Gasteiger partial charge is 0.494 e. The number of rotatable bonds is 4. The van der Waals surface area contributed by atoms with Gasteiger partial charge in [-0.2, -0.15) is 0 Å². The van der Waals surface area contributed by atoms with Crippen molar-refractivity contribution in [3.63, 3.8) is 0 Å². The summed E-state index contributed by atoms with van der Waals surface area (Å²) in [6.45, 7) is 0. The van der Waals surface area contributed by atoms with Gasteiger partial charge in [-0.25, -0.2) is 0 Å². The van der Waals surface area contributed by atoms with Gasteiger partial charge in [0, 0.05) is 16.1 Å². The molecule has 0 radical (unpaired) electrons. The minimum atomic E-state index is -0.396. The zero-order chi connectivity index (χ0) is 22.2. The number of carbonyl (C=O) groups is 1. The number of ether oxygens (including phenoxy) is 1. The SMILES string of the molecule is COc1c(Cl)cc(Cl)cc1C(=O)Nc1ccc2nn(-c3cccc4ccccc34)nc2c1. The zero-order valence-corrected chi connectivity index (χ0v) is 18.4. The van der Waals surface area contributed by atoms with Crippen LogP contribution in [0, 0.1) is 0 Å². The van der Waals surface area contributed by atoms with E-state index in [1.165, 1.54) is 19.2 Å². The maximum absolute atomic E-state index is 12.9. The molecule has 6 nitrogen and oxygen atoms in total. The number of anilines is 1. The van der Waals surface area contributed by atoms with Gasteiger partial charge in [-0.15, -0.1) is 15.0 Å². The number of carbonyl (C=O) groups excluding carboxylic acids is 1. The standard InChI is InChI=1S/C24H16Cl2N4O2/c1-32-23-18(11-15(25)12-19(23)26)24(31)27-16-9-10-20-21(13-16)29-30(28-20)22-8-4-6-14-5-2-3-7-17(14)22/h2-13H,1H3,(H,27,31). The number of benzene rings is 4. The van der Waals surface area contributed by atoms with E-state index in [0.29, 0.717) is 21.7 Å². The topological polar surface area (TPSA) is 69.0 Å². The molecule has 0 spiro atoms. The highest BCUT2D eigenvalue weighted by Crippen LogP contribution is 2.33. The number of amides is 1. The zero-order valence-electron chi connectivity index (χ0n) is 16.8. The van der Waals surface area contributed by atoms with E-state index < -0.39 is 5.91 Å². The van der Waals surface area contributed by atoms with Gasteiger partial charge >= 0.3 is 0 Å². The van der Waals surface area contributed by atoms with Crippen LogP contribution in [-0.2, 0) is 0 Å². The summed E-state index contributed by atoms with van der Waals surface area (Å²) in [5.74, 6) is -0.136. The predicted octanol–water partition coefficient (Wildman–Crippen LogP) is 6.14. The van der Waals surface area contributed by atoms with E-state index in [1.807, 2.05) is 48.5 Å². The van der Waals surface area contributed by atoms with Crippen LogP contribution in [0.2, 0.25) is 10.0 Å². The monoisotopic (exact) mass is 462 g/mol. The molecule has 1 heterocycles. The molecule has 0 aliphatic rings. The fourth-order valence-electron chi connectivity index (χ4n) is 3.62. The molecule has 0 unspecified atom stereocenters. The van der Waals surface area contributed by atoms with Gasteiger partial charge < -0.3 is 10.1 Å². The van der Waals surface area contributed by atoms with Crippen molar-refractivity contribution in [1.29, 1.82) is 0 Å². The third kappa shape index (κ3) is 3.64. The van der Waals surface area contributed by atoms with Crippen molar-refractivity contribution in [3.8, 4) is 11.4 Å². The molecule has 5 rings (SSSR count). The van der Waals surface area contributed by atoms with Gasteiger partial charge in [0.2, 0.25) is 0 Å². The molecule has 1 amide bonds. The molecule has 32 heavy (non-hydrogen) atoms. The summed E-state index contributed by atoms with van der Waals surface area (Å²) in [7, 11) is 1.45. The second-order valence-corrected chi connectivity index (χ2v) is 7.96. The van der Waals surface area contributed by atoms with E-state index in [4.69, 9.17) is 27.9 Å². The van der Waals surface area contributed by atoms with Crippen LogP contribution in [0.4, 0.5) is 5.69 Å². The Bertz CT molecular complexity index is 1490. The highest BCUT2D eigenvalue weighted by Gasteiger charge is 2.17. The van der Waals surface area contributed by atoms with Crippen molar-refractivity contribution in [2.45, 2.75) is 0 Å². The summed E-state index contributed by atoms with van der Waals surface area (Å²) < 4.78 is 5.27. The second kappa shape index (κ2) is 8.15. The number of nitrogens with one attached hydrogen (secondary N) is 1. The number of fused-ring (bicyclic) bond motifs is 2. The molecule has 0 atom stereocenters. The highest BCUT2D eigenvalue weighted by molar-refractivity contribution is 6.36. The van der Waals surface area contributed by atoms with Crippen LogP contribution >= 0.6 is 23.2 Å². The number of hydrogen-bond donors (Lipinski definition) is 1. The summed E-state index contributed by atoms with van der Waals surface area (Å²) in [6.07, 6.45) is 0. The van der Waals surface area contributed by atoms with Crippen LogP contribution in [0.3, 0.4) is 0 Å². The van der Waals surface area contributed by atoms with E-state index >= 15 is 0 Å². The molecule has 0 saturated heterocycles. The Morgan fingerprint density at radius 2 is 1.72 bits per heavy atom. The molecule has 5 aromatic rings. The van der Waals surface area contributed by atoms with Gasteiger partial charge in [0.05, 0.1) is 23.4 Å². The first-order valence-corrected chi connectivity index (χ1v) is 10.5. The van der Waals surface area contributed by atoms with Crippen molar-refractivity contribution in [2.24, 2.45) is 0 Å². The summed E-state index contributed by atoms with van der Waals surface area (Å²) in [5, 5.41) is 14.8. The lowest BCUT2D eigenvalue weighted by Crippen LogP contribution is -2.13. The van der Waals surface area contributed by atoms with Crippen LogP contribution in [-0.4, -0.2) is 28.0 Å². The van der Waals surface area contributed by atoms with Crippen LogP contribution in [0.15, 0.2) is 72.8 Å². The van der Waals surface area contributed by atoms with Crippen molar-refractivity contribution in [3.05, 3.63) is 88.4 Å². The third-order valence-electron chi connectivity index (χ3n) is 5.08. The van der Waals surface area contributed by atoms with Gasteiger partial charge in [-0.3, -0.25) is 4.79 Å². The molecule has 4 aromatic carbocycles. The number of methoxy groups -OCH3 is 1. The molecule has 158 valence electrons. The van der Waals surface area contributed by atoms with E-state index in [1.54, 1.807) is 16.9 Å². The van der Waals surface area contributed by atoms with Gasteiger partial charge in [0.1, 0.15) is 16.8 Å². The Kier molecular flexibility index (Phi) is 5.17. The van der Waals surface area contributed by atoms with Crippen molar-refractivity contribution < 1.29 is 9.53 Å². The fourth-order valence-corrected chi connectivity index (χ4v) is 4.19. The van der Waals surface area contributed by atoms with Gasteiger partial charge in [-0.05, 0) is 41.8 Å². The first-order chi connectivity index (χ1) is 15.5. The summed E-state index contributed by atoms with van der Waals surface area (Å²) in [4.78, 5) is 14.5. The number of hydrogen-bond acceptors (Lipinski definition) is 4. The van der Waals surface area contributed by atoms with Crippen LogP contribution in [0.1, 0.15) is 10.4 Å². The number of halogens is 2. The molecular weight excluding hydrogens is 447 g/mol. The van der Waals surface area contributed by atoms with E-state index in [-0.39, 0.29) is 16.3 Å². The second-order valence-electron chi connectivity index (χ2n) is 7.11. The van der Waals surface area contributed by atoms with Crippen molar-refractivity contribution >= 4 is 56.6 Å². The lowest BCUT2D eigenvalue weighted by molar-refractivity contribution is 0.102. The van der Waals surface area contributed by atoms with E-state index in [2.05, 4.69) is 15.5 Å². The van der Waals surface area contributed by atoms with Gasteiger partial charge in [0.25, 0.3) is 5.91 Å². The van der Waals surface area contributed by atoms with Crippen LogP contribution in [0.25, 0.3) is 27.5 Å².